The third kappa shape index (κ3) is 1.79. The summed E-state index contributed by atoms with van der Waals surface area (Å²) in [6.07, 6.45) is 0. The number of rotatable bonds is 2. The molecule has 0 bridgehead atoms. The number of hydrogen-bond acceptors (Lipinski definition) is 3. The molecule has 1 fully saturated rings. The molecule has 1 aromatic carbocycles. The second-order valence-corrected chi connectivity index (χ2v) is 4.08. The highest BCUT2D eigenvalue weighted by atomic mass is 35.5. The molecule has 1 aromatic rings. The molecule has 0 unspecified atom stereocenters. The molecule has 2 rings (SSSR count). The van der Waals surface area contributed by atoms with E-state index < -0.39 is 0 Å². The molecule has 4 heteroatoms. The largest absolute Gasteiger partial charge is 0.368 e. The van der Waals surface area contributed by atoms with E-state index >= 15 is 0 Å². The molecule has 15 heavy (non-hydrogen) atoms. The first kappa shape index (κ1) is 10.3. The van der Waals surface area contributed by atoms with Gasteiger partial charge in [-0.3, -0.25) is 0 Å². The summed E-state index contributed by atoms with van der Waals surface area (Å²) < 4.78 is 0. The topological polar surface area (TPSA) is 39.1 Å². The van der Waals surface area contributed by atoms with Crippen molar-refractivity contribution < 1.29 is 0 Å². The van der Waals surface area contributed by atoms with Gasteiger partial charge >= 0.3 is 0 Å². The lowest BCUT2D eigenvalue weighted by atomic mass is 10.1. The van der Waals surface area contributed by atoms with Crippen LogP contribution in [0, 0.1) is 11.3 Å². The average Bonchev–Trinajstić information content (AvgIpc) is 2.14. The molecule has 0 saturated carbocycles. The first-order chi connectivity index (χ1) is 7.24. The van der Waals surface area contributed by atoms with Crippen molar-refractivity contribution in [3.8, 4) is 6.07 Å². The van der Waals surface area contributed by atoms with E-state index in [0.29, 0.717) is 16.6 Å². The van der Waals surface area contributed by atoms with Crippen LogP contribution in [0.2, 0.25) is 5.02 Å². The summed E-state index contributed by atoms with van der Waals surface area (Å²) in [7, 11) is 2.00. The molecular weight excluding hydrogens is 210 g/mol. The van der Waals surface area contributed by atoms with Gasteiger partial charge in [-0.25, -0.2) is 0 Å². The fourth-order valence-electron chi connectivity index (χ4n) is 1.66. The number of hydrogen-bond donors (Lipinski definition) is 1. The Bertz CT molecular complexity index is 407. The Hall–Kier alpha value is -1.24. The van der Waals surface area contributed by atoms with E-state index in [1.54, 1.807) is 6.07 Å². The normalized spacial score (nSPS) is 15.5. The van der Waals surface area contributed by atoms with Crippen LogP contribution in [0.15, 0.2) is 18.2 Å². The molecule has 3 nitrogen and oxygen atoms in total. The number of nitrogens with zero attached hydrogens (tertiary/aromatic N) is 2. The van der Waals surface area contributed by atoms with Gasteiger partial charge in [0.25, 0.3) is 0 Å². The van der Waals surface area contributed by atoms with Gasteiger partial charge in [0, 0.05) is 20.1 Å². The zero-order chi connectivity index (χ0) is 10.8. The third-order valence-electron chi connectivity index (χ3n) is 2.79. The van der Waals surface area contributed by atoms with Crippen LogP contribution in [-0.4, -0.2) is 26.2 Å². The van der Waals surface area contributed by atoms with Crippen LogP contribution in [0.5, 0.6) is 0 Å². The van der Waals surface area contributed by atoms with E-state index in [-0.39, 0.29) is 0 Å². The van der Waals surface area contributed by atoms with Crippen LogP contribution < -0.4 is 10.2 Å². The van der Waals surface area contributed by atoms with Crippen molar-refractivity contribution >= 4 is 17.3 Å². The highest BCUT2D eigenvalue weighted by Crippen LogP contribution is 2.27. The fourth-order valence-corrected chi connectivity index (χ4v) is 1.87. The predicted octanol–water partition coefficient (Wildman–Crippen LogP) is 1.62. The van der Waals surface area contributed by atoms with Gasteiger partial charge in [-0.05, 0) is 12.1 Å². The lowest BCUT2D eigenvalue weighted by Crippen LogP contribution is -2.56. The van der Waals surface area contributed by atoms with Gasteiger partial charge in [0.1, 0.15) is 6.07 Å². The van der Waals surface area contributed by atoms with Crippen LogP contribution in [0.3, 0.4) is 0 Å². The van der Waals surface area contributed by atoms with E-state index in [4.69, 9.17) is 16.9 Å². The zero-order valence-electron chi connectivity index (χ0n) is 8.50. The van der Waals surface area contributed by atoms with Crippen molar-refractivity contribution in [2.75, 3.05) is 25.0 Å². The summed E-state index contributed by atoms with van der Waals surface area (Å²) >= 11 is 5.97. The molecule has 0 aromatic heterocycles. The number of likely N-dealkylation sites (N-methyl/N-ethyl adjacent to an activating group) is 1. The standard InChI is InChI=1S/C11H12ClN3/c1-15(8-6-14-7-8)11-4-2-3-10(12)9(11)5-13/h2-4,8,14H,6-7H2,1H3. The summed E-state index contributed by atoms with van der Waals surface area (Å²) in [5.74, 6) is 0. The molecule has 1 N–H and O–H groups in total. The van der Waals surface area contributed by atoms with Gasteiger partial charge in [0.05, 0.1) is 22.3 Å². The van der Waals surface area contributed by atoms with E-state index in [0.717, 1.165) is 18.8 Å². The quantitative estimate of drug-likeness (QED) is 0.825. The Morgan fingerprint density at radius 1 is 1.53 bits per heavy atom. The van der Waals surface area contributed by atoms with Crippen LogP contribution in [0.25, 0.3) is 0 Å². The van der Waals surface area contributed by atoms with Crippen LogP contribution in [0.1, 0.15) is 5.56 Å². The first-order valence-corrected chi connectivity index (χ1v) is 5.24. The number of nitriles is 1. The maximum absolute atomic E-state index is 9.04. The molecule has 0 spiro atoms. The van der Waals surface area contributed by atoms with E-state index in [9.17, 15) is 0 Å². The van der Waals surface area contributed by atoms with Gasteiger partial charge in [-0.15, -0.1) is 0 Å². The predicted molar refractivity (Wildman–Crippen MR) is 61.2 cm³/mol. The van der Waals surface area contributed by atoms with Crippen molar-refractivity contribution in [3.05, 3.63) is 28.8 Å². The Balaban J connectivity index is 2.34. The average molecular weight is 222 g/mol. The molecular formula is C11H12ClN3. The first-order valence-electron chi connectivity index (χ1n) is 4.86. The minimum atomic E-state index is 0.468. The molecule has 0 aliphatic carbocycles. The minimum absolute atomic E-state index is 0.468. The molecule has 78 valence electrons. The lowest BCUT2D eigenvalue weighted by molar-refractivity contribution is 0.428. The minimum Gasteiger partial charge on any atom is -0.368 e. The van der Waals surface area contributed by atoms with Crippen molar-refractivity contribution in [1.29, 1.82) is 5.26 Å². The van der Waals surface area contributed by atoms with Gasteiger partial charge in [-0.2, -0.15) is 5.26 Å². The Labute approximate surface area is 94.3 Å². The van der Waals surface area contributed by atoms with Crippen LogP contribution >= 0.6 is 11.6 Å². The number of nitrogens with one attached hydrogen (secondary N) is 1. The number of anilines is 1. The second-order valence-electron chi connectivity index (χ2n) is 3.67. The highest BCUT2D eigenvalue weighted by Gasteiger charge is 2.23. The summed E-state index contributed by atoms with van der Waals surface area (Å²) in [5.41, 5.74) is 1.48. The molecule has 0 radical (unpaired) electrons. The fraction of sp³-hybridized carbons (Fsp3) is 0.364. The monoisotopic (exact) mass is 221 g/mol. The Kier molecular flexibility index (Phi) is 2.81. The molecule has 0 amide bonds. The van der Waals surface area contributed by atoms with Gasteiger partial charge < -0.3 is 10.2 Å². The maximum Gasteiger partial charge on any atom is 0.103 e. The van der Waals surface area contributed by atoms with Gasteiger partial charge in [0.2, 0.25) is 0 Å². The highest BCUT2D eigenvalue weighted by molar-refractivity contribution is 6.32. The lowest BCUT2D eigenvalue weighted by Gasteiger charge is -2.37. The van der Waals surface area contributed by atoms with E-state index in [2.05, 4.69) is 16.3 Å². The molecule has 0 atom stereocenters. The van der Waals surface area contributed by atoms with E-state index in [1.165, 1.54) is 0 Å². The molecule has 1 aliphatic heterocycles. The van der Waals surface area contributed by atoms with Crippen LogP contribution in [0.4, 0.5) is 5.69 Å². The Morgan fingerprint density at radius 3 is 2.80 bits per heavy atom. The van der Waals surface area contributed by atoms with Gasteiger partial charge in [0.15, 0.2) is 0 Å². The molecule has 1 saturated heterocycles. The van der Waals surface area contributed by atoms with Crippen molar-refractivity contribution in [2.45, 2.75) is 6.04 Å². The zero-order valence-corrected chi connectivity index (χ0v) is 9.25. The van der Waals surface area contributed by atoms with Crippen molar-refractivity contribution in [1.82, 2.24) is 5.32 Å². The van der Waals surface area contributed by atoms with Crippen molar-refractivity contribution in [3.63, 3.8) is 0 Å². The molecule has 1 heterocycles. The third-order valence-corrected chi connectivity index (χ3v) is 3.11. The number of benzene rings is 1. The smallest absolute Gasteiger partial charge is 0.103 e. The summed E-state index contributed by atoms with van der Waals surface area (Å²) in [5, 5.41) is 12.8. The molecule has 1 aliphatic rings. The summed E-state index contributed by atoms with van der Waals surface area (Å²) in [4.78, 5) is 2.11. The Morgan fingerprint density at radius 2 is 2.27 bits per heavy atom. The SMILES string of the molecule is CN(c1cccc(Cl)c1C#N)C1CNC1. The number of halogens is 1. The van der Waals surface area contributed by atoms with Gasteiger partial charge in [-0.1, -0.05) is 17.7 Å². The second kappa shape index (κ2) is 4.09. The van der Waals surface area contributed by atoms with Crippen molar-refractivity contribution in [2.24, 2.45) is 0 Å². The van der Waals surface area contributed by atoms with Crippen LogP contribution in [-0.2, 0) is 0 Å². The summed E-state index contributed by atoms with van der Waals surface area (Å²) in [6, 6.07) is 8.18. The maximum atomic E-state index is 9.04. The van der Waals surface area contributed by atoms with E-state index in [1.807, 2.05) is 19.2 Å². The summed E-state index contributed by atoms with van der Waals surface area (Å²) in [6.45, 7) is 1.93.